The van der Waals surface area contributed by atoms with Gasteiger partial charge >= 0.3 is 0 Å². The number of aryl methyl sites for hydroxylation is 2. The maximum Gasteiger partial charge on any atom is 0.270 e. The summed E-state index contributed by atoms with van der Waals surface area (Å²) >= 11 is 1.17. The number of amides is 1. The average Bonchev–Trinajstić information content (AvgIpc) is 2.77. The standard InChI is InChI=1S/C23H20N4O2S/c1-15-8-10-17(11-9-15)21-18(13-24)22(29)26-23(25-21)30-14-20(28)27-12-4-6-16-5-2-3-7-19(16)27/h2-3,5,7-11H,4,6,12,14H2,1H3,(H,25,26,29). The minimum atomic E-state index is -0.499. The maximum atomic E-state index is 12.9. The van der Waals surface area contributed by atoms with Crippen molar-refractivity contribution in [2.45, 2.75) is 24.9 Å². The number of nitrogens with zero attached hydrogens (tertiary/aromatic N) is 3. The van der Waals surface area contributed by atoms with E-state index in [0.29, 0.717) is 23.0 Å². The molecule has 3 aromatic rings. The fraction of sp³-hybridized carbons (Fsp3) is 0.217. The van der Waals surface area contributed by atoms with Crippen molar-refractivity contribution in [1.82, 2.24) is 9.97 Å². The lowest BCUT2D eigenvalue weighted by Gasteiger charge is -2.29. The van der Waals surface area contributed by atoms with Crippen molar-refractivity contribution in [2.75, 3.05) is 17.2 Å². The molecule has 4 rings (SSSR count). The summed E-state index contributed by atoms with van der Waals surface area (Å²) in [5.74, 6) is 0.118. The predicted molar refractivity (Wildman–Crippen MR) is 118 cm³/mol. The SMILES string of the molecule is Cc1ccc(-c2nc(SCC(=O)N3CCCc4ccccc43)[nH]c(=O)c2C#N)cc1. The lowest BCUT2D eigenvalue weighted by molar-refractivity contribution is -0.116. The number of benzene rings is 2. The number of aromatic nitrogens is 2. The molecule has 0 saturated carbocycles. The topological polar surface area (TPSA) is 89.8 Å². The van der Waals surface area contributed by atoms with Gasteiger partial charge in [-0.2, -0.15) is 5.26 Å². The van der Waals surface area contributed by atoms with Gasteiger partial charge in [-0.15, -0.1) is 0 Å². The van der Waals surface area contributed by atoms with Crippen LogP contribution in [-0.4, -0.2) is 28.2 Å². The molecule has 0 aliphatic carbocycles. The van der Waals surface area contributed by atoms with E-state index in [4.69, 9.17) is 0 Å². The second kappa shape index (κ2) is 8.56. The van der Waals surface area contributed by atoms with E-state index in [-0.39, 0.29) is 17.2 Å². The van der Waals surface area contributed by atoms with Gasteiger partial charge in [0.25, 0.3) is 5.56 Å². The Kier molecular flexibility index (Phi) is 5.68. The first kappa shape index (κ1) is 19.9. The van der Waals surface area contributed by atoms with Gasteiger partial charge in [-0.25, -0.2) is 4.98 Å². The first-order valence-corrected chi connectivity index (χ1v) is 10.7. The molecule has 1 aliphatic heterocycles. The normalized spacial score (nSPS) is 12.9. The highest BCUT2D eigenvalue weighted by molar-refractivity contribution is 7.99. The average molecular weight is 417 g/mol. The van der Waals surface area contributed by atoms with Gasteiger partial charge < -0.3 is 9.88 Å². The minimum absolute atomic E-state index is 0.0283. The van der Waals surface area contributed by atoms with E-state index in [1.807, 2.05) is 55.5 Å². The van der Waals surface area contributed by atoms with Crippen molar-refractivity contribution in [1.29, 1.82) is 5.26 Å². The van der Waals surface area contributed by atoms with E-state index < -0.39 is 5.56 Å². The van der Waals surface area contributed by atoms with Crippen molar-refractivity contribution >= 4 is 23.4 Å². The Balaban J connectivity index is 1.57. The third kappa shape index (κ3) is 4.00. The highest BCUT2D eigenvalue weighted by Gasteiger charge is 2.22. The molecule has 0 unspecified atom stereocenters. The molecular formula is C23H20N4O2S. The molecule has 6 nitrogen and oxygen atoms in total. The summed E-state index contributed by atoms with van der Waals surface area (Å²) in [5.41, 5.74) is 3.70. The van der Waals surface area contributed by atoms with E-state index in [1.54, 1.807) is 4.90 Å². The van der Waals surface area contributed by atoms with E-state index in [9.17, 15) is 14.9 Å². The molecular weight excluding hydrogens is 396 g/mol. The van der Waals surface area contributed by atoms with Crippen LogP contribution in [-0.2, 0) is 11.2 Å². The molecule has 2 heterocycles. The monoisotopic (exact) mass is 416 g/mol. The number of aromatic amines is 1. The van der Waals surface area contributed by atoms with Crippen LogP contribution in [0.3, 0.4) is 0 Å². The Hall–Kier alpha value is -3.37. The van der Waals surface area contributed by atoms with Crippen molar-refractivity contribution in [3.8, 4) is 17.3 Å². The predicted octanol–water partition coefficient (Wildman–Crippen LogP) is 3.69. The first-order valence-electron chi connectivity index (χ1n) is 9.69. The van der Waals surface area contributed by atoms with Gasteiger partial charge in [-0.1, -0.05) is 59.8 Å². The molecule has 0 bridgehead atoms. The molecule has 0 fully saturated rings. The number of rotatable bonds is 4. The van der Waals surface area contributed by atoms with Crippen LogP contribution in [0.2, 0.25) is 0 Å². The van der Waals surface area contributed by atoms with Gasteiger partial charge in [0.1, 0.15) is 11.6 Å². The molecule has 0 radical (unpaired) electrons. The molecule has 0 saturated heterocycles. The zero-order valence-corrected chi connectivity index (χ0v) is 17.3. The van der Waals surface area contributed by atoms with Crippen LogP contribution in [0.1, 0.15) is 23.1 Å². The Morgan fingerprint density at radius 2 is 2.00 bits per heavy atom. The Morgan fingerprint density at radius 1 is 1.23 bits per heavy atom. The lowest BCUT2D eigenvalue weighted by atomic mass is 10.0. The van der Waals surface area contributed by atoms with Gasteiger partial charge in [0.2, 0.25) is 5.91 Å². The summed E-state index contributed by atoms with van der Waals surface area (Å²) in [6.45, 7) is 2.65. The summed E-state index contributed by atoms with van der Waals surface area (Å²) < 4.78 is 0. The summed E-state index contributed by atoms with van der Waals surface area (Å²) in [6.07, 6.45) is 1.90. The summed E-state index contributed by atoms with van der Waals surface area (Å²) in [7, 11) is 0. The third-order valence-corrected chi connectivity index (χ3v) is 5.94. The minimum Gasteiger partial charge on any atom is -0.311 e. The van der Waals surface area contributed by atoms with Crippen LogP contribution in [0.25, 0.3) is 11.3 Å². The molecule has 1 amide bonds. The highest BCUT2D eigenvalue weighted by Crippen LogP contribution is 2.28. The number of fused-ring (bicyclic) bond motifs is 1. The molecule has 150 valence electrons. The number of hydrogen-bond acceptors (Lipinski definition) is 5. The van der Waals surface area contributed by atoms with Gasteiger partial charge in [0.05, 0.1) is 11.4 Å². The van der Waals surface area contributed by atoms with Gasteiger partial charge in [-0.05, 0) is 31.4 Å². The number of anilines is 1. The zero-order chi connectivity index (χ0) is 21.1. The third-order valence-electron chi connectivity index (χ3n) is 5.08. The lowest BCUT2D eigenvalue weighted by Crippen LogP contribution is -2.36. The van der Waals surface area contributed by atoms with Crippen molar-refractivity contribution in [3.05, 3.63) is 75.6 Å². The van der Waals surface area contributed by atoms with E-state index in [2.05, 4.69) is 16.0 Å². The highest BCUT2D eigenvalue weighted by atomic mass is 32.2. The molecule has 1 aromatic heterocycles. The summed E-state index contributed by atoms with van der Waals surface area (Å²) in [5, 5.41) is 9.74. The number of carbonyl (C=O) groups is 1. The maximum absolute atomic E-state index is 12.9. The van der Waals surface area contributed by atoms with E-state index in [1.165, 1.54) is 17.3 Å². The van der Waals surface area contributed by atoms with Crippen molar-refractivity contribution < 1.29 is 4.79 Å². The molecule has 7 heteroatoms. The quantitative estimate of drug-likeness (QED) is 0.517. The number of carbonyl (C=O) groups excluding carboxylic acids is 1. The van der Waals surface area contributed by atoms with Gasteiger partial charge in [0, 0.05) is 17.8 Å². The number of thioether (sulfide) groups is 1. The van der Waals surface area contributed by atoms with Crippen LogP contribution in [0.15, 0.2) is 58.5 Å². The van der Waals surface area contributed by atoms with Crippen molar-refractivity contribution in [2.24, 2.45) is 0 Å². The second-order valence-electron chi connectivity index (χ2n) is 7.14. The largest absolute Gasteiger partial charge is 0.311 e. The molecule has 1 N–H and O–H groups in total. The van der Waals surface area contributed by atoms with Gasteiger partial charge in [-0.3, -0.25) is 9.59 Å². The molecule has 1 aliphatic rings. The Bertz CT molecular complexity index is 1200. The number of nitriles is 1. The van der Waals surface area contributed by atoms with Crippen molar-refractivity contribution in [3.63, 3.8) is 0 Å². The molecule has 2 aromatic carbocycles. The van der Waals surface area contributed by atoms with Crippen LogP contribution in [0, 0.1) is 18.3 Å². The fourth-order valence-corrected chi connectivity index (χ4v) is 4.28. The summed E-state index contributed by atoms with van der Waals surface area (Å²) in [6, 6.07) is 17.4. The second-order valence-corrected chi connectivity index (χ2v) is 8.10. The Labute approximate surface area is 178 Å². The Morgan fingerprint density at radius 3 is 2.77 bits per heavy atom. The van der Waals surface area contributed by atoms with Gasteiger partial charge in [0.15, 0.2) is 5.16 Å². The number of nitrogens with one attached hydrogen (secondary N) is 1. The summed E-state index contributed by atoms with van der Waals surface area (Å²) in [4.78, 5) is 34.2. The van der Waals surface area contributed by atoms with Crippen LogP contribution >= 0.6 is 11.8 Å². The molecule has 0 atom stereocenters. The smallest absolute Gasteiger partial charge is 0.270 e. The number of H-pyrrole nitrogens is 1. The first-order chi connectivity index (χ1) is 14.6. The number of para-hydroxylation sites is 1. The number of hydrogen-bond donors (Lipinski definition) is 1. The van der Waals surface area contributed by atoms with Crippen LogP contribution in [0.4, 0.5) is 5.69 Å². The van der Waals surface area contributed by atoms with Crippen LogP contribution in [0.5, 0.6) is 0 Å². The fourth-order valence-electron chi connectivity index (χ4n) is 3.55. The van der Waals surface area contributed by atoms with E-state index in [0.717, 1.165) is 24.1 Å². The molecule has 0 spiro atoms. The zero-order valence-electron chi connectivity index (χ0n) is 16.5. The van der Waals surface area contributed by atoms with Crippen LogP contribution < -0.4 is 10.5 Å². The molecule has 30 heavy (non-hydrogen) atoms. The van der Waals surface area contributed by atoms with E-state index >= 15 is 0 Å².